The van der Waals surface area contributed by atoms with Crippen LogP contribution in [0, 0.1) is 39.9 Å². The van der Waals surface area contributed by atoms with E-state index in [0.29, 0.717) is 0 Å². The van der Waals surface area contributed by atoms with E-state index in [1.54, 1.807) is 14.7 Å². The number of carboxylic acid groups (broad SMARTS) is 3. The molecule has 14 heteroatoms. The number of rotatable bonds is 10. The first-order chi connectivity index (χ1) is 14.7. The summed E-state index contributed by atoms with van der Waals surface area (Å²) in [6.07, 6.45) is -1.25. The van der Waals surface area contributed by atoms with Gasteiger partial charge in [0, 0.05) is 72.0 Å². The average Bonchev–Trinajstić information content (AvgIpc) is 2.68. The van der Waals surface area contributed by atoms with Crippen LogP contribution in [0.15, 0.2) is 0 Å². The number of carbonyl (C=O) groups excluding carboxylic acids is 3. The molecule has 1 aliphatic rings. The van der Waals surface area contributed by atoms with Crippen molar-refractivity contribution in [2.75, 3.05) is 85.2 Å². The molecule has 0 aromatic rings. The molecule has 2 unspecified atom stereocenters. The SMILES string of the molecule is O=C([O-])CN1CCN(CC(=O)[O-])CCN(C(CO)C(O)CO)CCN(CC(=O)[O-])CC1.[Gd+3]. The number of carbonyl (C=O) groups is 3. The Morgan fingerprint density at radius 1 is 0.656 bits per heavy atom. The van der Waals surface area contributed by atoms with Gasteiger partial charge in [0.1, 0.15) is 0 Å². The Kier molecular flexibility index (Phi) is 16.7. The molecular weight excluding hydrogens is 573 g/mol. The molecule has 0 aliphatic carbocycles. The van der Waals surface area contributed by atoms with Gasteiger partial charge in [0.25, 0.3) is 0 Å². The van der Waals surface area contributed by atoms with E-state index >= 15 is 0 Å². The van der Waals surface area contributed by atoms with Gasteiger partial charge in [-0.1, -0.05) is 0 Å². The predicted octanol–water partition coefficient (Wildman–Crippen LogP) is -7.83. The van der Waals surface area contributed by atoms with Crippen molar-refractivity contribution >= 4 is 17.9 Å². The number of aliphatic hydroxyl groups is 3. The Morgan fingerprint density at radius 2 is 0.969 bits per heavy atom. The fourth-order valence-corrected chi connectivity index (χ4v) is 3.51. The Hall–Kier alpha value is -0.545. The van der Waals surface area contributed by atoms with E-state index in [9.17, 15) is 45.0 Å². The van der Waals surface area contributed by atoms with Gasteiger partial charge in [0.05, 0.1) is 43.3 Å². The van der Waals surface area contributed by atoms with Crippen molar-refractivity contribution in [2.45, 2.75) is 12.1 Å². The van der Waals surface area contributed by atoms with E-state index in [2.05, 4.69) is 0 Å². The van der Waals surface area contributed by atoms with Crippen molar-refractivity contribution < 1.29 is 85.0 Å². The Balaban J connectivity index is 0.00000961. The van der Waals surface area contributed by atoms with Crippen LogP contribution < -0.4 is 15.3 Å². The molecule has 0 aromatic heterocycles. The van der Waals surface area contributed by atoms with E-state index in [1.165, 1.54) is 4.90 Å². The summed E-state index contributed by atoms with van der Waals surface area (Å²) in [7, 11) is 0. The molecule has 32 heavy (non-hydrogen) atoms. The molecule has 2 atom stereocenters. The van der Waals surface area contributed by atoms with Crippen LogP contribution >= 0.6 is 0 Å². The normalized spacial score (nSPS) is 20.3. The summed E-state index contributed by atoms with van der Waals surface area (Å²) in [5.41, 5.74) is 0. The van der Waals surface area contributed by atoms with Gasteiger partial charge < -0.3 is 45.0 Å². The maximum absolute atomic E-state index is 11.1. The number of aliphatic carboxylic acids is 3. The first-order valence-electron chi connectivity index (χ1n) is 10.1. The number of nitrogens with zero attached hydrogens (tertiary/aromatic N) is 4. The van der Waals surface area contributed by atoms with E-state index in [-0.39, 0.29) is 98.8 Å². The topological polar surface area (TPSA) is 194 Å². The molecule has 1 aliphatic heterocycles. The van der Waals surface area contributed by atoms with Crippen LogP contribution in [0.2, 0.25) is 0 Å². The predicted molar refractivity (Wildman–Crippen MR) is 99.9 cm³/mol. The molecule has 13 nitrogen and oxygen atoms in total. The first-order valence-corrected chi connectivity index (χ1v) is 10.1. The van der Waals surface area contributed by atoms with E-state index in [4.69, 9.17) is 0 Å². The van der Waals surface area contributed by atoms with E-state index < -0.39 is 56.4 Å². The monoisotopic (exact) mass is 605 g/mol. The van der Waals surface area contributed by atoms with Crippen molar-refractivity contribution in [1.29, 1.82) is 0 Å². The standard InChI is InChI=1S/C18H34N4O9.Gd/c23-12-14(15(25)13-24)22-7-5-20(10-17(28)29)3-1-19(9-16(26)27)2-4-21(6-8-22)11-18(30)31;/h14-15,23-25H,1-13H2,(H,26,27)(H,28,29)(H,30,31);/q;+3/p-3. The summed E-state index contributed by atoms with van der Waals surface area (Å²) in [4.78, 5) is 39.5. The molecule has 0 saturated carbocycles. The summed E-state index contributed by atoms with van der Waals surface area (Å²) in [5, 5.41) is 62.3. The van der Waals surface area contributed by atoms with Crippen molar-refractivity contribution in [2.24, 2.45) is 0 Å². The van der Waals surface area contributed by atoms with Gasteiger partial charge in [0.15, 0.2) is 0 Å². The van der Waals surface area contributed by atoms with Crippen molar-refractivity contribution in [3.63, 3.8) is 0 Å². The minimum absolute atomic E-state index is 0. The zero-order valence-electron chi connectivity index (χ0n) is 17.8. The average molecular weight is 605 g/mol. The summed E-state index contributed by atoms with van der Waals surface area (Å²) in [5.74, 6) is -3.92. The molecule has 1 saturated heterocycles. The molecule has 1 fully saturated rings. The van der Waals surface area contributed by atoms with Gasteiger partial charge in [-0.3, -0.25) is 19.6 Å². The molecule has 185 valence electrons. The fraction of sp³-hybridized carbons (Fsp3) is 0.833. The fourth-order valence-electron chi connectivity index (χ4n) is 3.51. The molecule has 1 radical (unpaired) electrons. The number of hydrogen-bond acceptors (Lipinski definition) is 13. The van der Waals surface area contributed by atoms with Gasteiger partial charge in [-0.2, -0.15) is 0 Å². The number of aliphatic hydroxyl groups excluding tert-OH is 3. The largest absolute Gasteiger partial charge is 3.00 e. The summed E-state index contributed by atoms with van der Waals surface area (Å²) in [6.45, 7) is -0.648. The third-order valence-electron chi connectivity index (χ3n) is 5.22. The van der Waals surface area contributed by atoms with Crippen LogP contribution in [0.5, 0.6) is 0 Å². The Labute approximate surface area is 218 Å². The third kappa shape index (κ3) is 12.6. The minimum atomic E-state index is -1.31. The van der Waals surface area contributed by atoms with Crippen molar-refractivity contribution in [3.05, 3.63) is 0 Å². The van der Waals surface area contributed by atoms with Crippen molar-refractivity contribution in [3.8, 4) is 0 Å². The van der Waals surface area contributed by atoms with Gasteiger partial charge in [-0.25, -0.2) is 0 Å². The molecule has 0 spiro atoms. The first kappa shape index (κ1) is 31.5. The smallest absolute Gasteiger partial charge is 0.549 e. The summed E-state index contributed by atoms with van der Waals surface area (Å²) >= 11 is 0. The second-order valence-corrected chi connectivity index (χ2v) is 7.48. The molecule has 0 amide bonds. The van der Waals surface area contributed by atoms with E-state index in [0.717, 1.165) is 0 Å². The molecule has 1 heterocycles. The zero-order chi connectivity index (χ0) is 23.4. The number of carboxylic acids is 3. The van der Waals surface area contributed by atoms with Gasteiger partial charge in [-0.05, 0) is 0 Å². The van der Waals surface area contributed by atoms with Crippen LogP contribution in [0.3, 0.4) is 0 Å². The quantitative estimate of drug-likeness (QED) is 0.213. The maximum atomic E-state index is 11.1. The molecular formula is C18H31GdN4O9. The zero-order valence-corrected chi connectivity index (χ0v) is 20.0. The van der Waals surface area contributed by atoms with Crippen molar-refractivity contribution in [1.82, 2.24) is 19.6 Å². The van der Waals surface area contributed by atoms with Crippen LogP contribution in [0.4, 0.5) is 0 Å². The second kappa shape index (κ2) is 17.0. The van der Waals surface area contributed by atoms with Gasteiger partial charge >= 0.3 is 39.9 Å². The van der Waals surface area contributed by atoms with E-state index in [1.807, 2.05) is 0 Å². The Morgan fingerprint density at radius 3 is 1.22 bits per heavy atom. The van der Waals surface area contributed by atoms with Gasteiger partial charge in [-0.15, -0.1) is 0 Å². The van der Waals surface area contributed by atoms with Crippen LogP contribution in [-0.2, 0) is 14.4 Å². The minimum Gasteiger partial charge on any atom is -0.549 e. The molecule has 3 N–H and O–H groups in total. The third-order valence-corrected chi connectivity index (χ3v) is 5.22. The van der Waals surface area contributed by atoms with Gasteiger partial charge in [0.2, 0.25) is 0 Å². The second-order valence-electron chi connectivity index (χ2n) is 7.48. The Bertz CT molecular complexity index is 555. The van der Waals surface area contributed by atoms with Crippen LogP contribution in [0.1, 0.15) is 0 Å². The number of hydrogen-bond donors (Lipinski definition) is 3. The molecule has 1 rings (SSSR count). The maximum Gasteiger partial charge on any atom is 3.00 e. The molecule has 0 aromatic carbocycles. The molecule has 0 bridgehead atoms. The van der Waals surface area contributed by atoms with Crippen LogP contribution in [-0.4, -0.2) is 150 Å². The summed E-state index contributed by atoms with van der Waals surface area (Å²) < 4.78 is 0. The summed E-state index contributed by atoms with van der Waals surface area (Å²) in [6, 6.07) is -0.836. The van der Waals surface area contributed by atoms with Crippen LogP contribution in [0.25, 0.3) is 0 Å².